The molecule has 0 N–H and O–H groups in total. The van der Waals surface area contributed by atoms with E-state index >= 15 is 0 Å². The summed E-state index contributed by atoms with van der Waals surface area (Å²) in [5, 5.41) is 0. The highest BCUT2D eigenvalue weighted by Gasteiger charge is 2.54. The Hall–Kier alpha value is -0.610. The molecule has 14 heavy (non-hydrogen) atoms. The van der Waals surface area contributed by atoms with Gasteiger partial charge in [0, 0.05) is 12.5 Å². The highest BCUT2D eigenvalue weighted by Crippen LogP contribution is 2.53. The van der Waals surface area contributed by atoms with Crippen LogP contribution in [0.1, 0.15) is 25.7 Å². The molecular weight excluding hydrogens is 184 g/mol. The van der Waals surface area contributed by atoms with Gasteiger partial charge in [0.05, 0.1) is 19.6 Å². The zero-order chi connectivity index (χ0) is 10.2. The predicted molar refractivity (Wildman–Crippen MR) is 48.6 cm³/mol. The molecule has 0 aromatic carbocycles. The van der Waals surface area contributed by atoms with Crippen molar-refractivity contribution in [2.75, 3.05) is 14.2 Å². The molecular formula is C10H16O4. The third-order valence-electron chi connectivity index (χ3n) is 3.35. The number of fused-ring (bicyclic) bond motifs is 2. The van der Waals surface area contributed by atoms with E-state index in [2.05, 4.69) is 0 Å². The zero-order valence-corrected chi connectivity index (χ0v) is 8.62. The van der Waals surface area contributed by atoms with Crippen molar-refractivity contribution in [2.45, 2.75) is 38.1 Å². The van der Waals surface area contributed by atoms with E-state index in [0.717, 1.165) is 19.3 Å². The van der Waals surface area contributed by atoms with Crippen LogP contribution >= 0.6 is 0 Å². The third-order valence-corrected chi connectivity index (χ3v) is 3.35. The monoisotopic (exact) mass is 200 g/mol. The van der Waals surface area contributed by atoms with Gasteiger partial charge >= 0.3 is 5.97 Å². The largest absolute Gasteiger partial charge is 0.469 e. The second-order valence-electron chi connectivity index (χ2n) is 4.18. The van der Waals surface area contributed by atoms with Crippen molar-refractivity contribution in [1.29, 1.82) is 0 Å². The Morgan fingerprint density at radius 1 is 1.57 bits per heavy atom. The lowest BCUT2D eigenvalue weighted by Crippen LogP contribution is -2.35. The average molecular weight is 200 g/mol. The van der Waals surface area contributed by atoms with Crippen LogP contribution in [0.25, 0.3) is 0 Å². The second-order valence-corrected chi connectivity index (χ2v) is 4.18. The van der Waals surface area contributed by atoms with E-state index in [1.54, 1.807) is 7.11 Å². The molecule has 0 radical (unpaired) electrons. The van der Waals surface area contributed by atoms with Gasteiger partial charge in [-0.05, 0) is 19.3 Å². The first-order chi connectivity index (χ1) is 6.70. The van der Waals surface area contributed by atoms with Crippen LogP contribution in [0.15, 0.2) is 0 Å². The number of hydrogen-bond acceptors (Lipinski definition) is 4. The van der Waals surface area contributed by atoms with Crippen molar-refractivity contribution >= 4 is 5.97 Å². The van der Waals surface area contributed by atoms with E-state index in [1.165, 1.54) is 7.11 Å². The molecule has 0 amide bonds. The summed E-state index contributed by atoms with van der Waals surface area (Å²) in [5.74, 6) is -0.168. The molecule has 1 heterocycles. The highest BCUT2D eigenvalue weighted by atomic mass is 16.7. The summed E-state index contributed by atoms with van der Waals surface area (Å²) in [6, 6.07) is 0. The predicted octanol–water partition coefficient (Wildman–Crippen LogP) is 1.09. The van der Waals surface area contributed by atoms with E-state index < -0.39 is 0 Å². The molecule has 2 bridgehead atoms. The summed E-state index contributed by atoms with van der Waals surface area (Å²) in [5.41, 5.74) is -0.119. The van der Waals surface area contributed by atoms with Gasteiger partial charge in [-0.2, -0.15) is 0 Å². The number of carbonyl (C=O) groups is 1. The standard InChI is InChI=1S/C10H16O4/c1-12-8(11)6-10-4-3-7(5-10)14-9(10)13-2/h7,9H,3-6H2,1-2H3. The van der Waals surface area contributed by atoms with Gasteiger partial charge in [-0.1, -0.05) is 0 Å². The molecule has 4 heteroatoms. The maximum Gasteiger partial charge on any atom is 0.306 e. The van der Waals surface area contributed by atoms with Gasteiger partial charge in [0.25, 0.3) is 0 Å². The van der Waals surface area contributed by atoms with Crippen molar-refractivity contribution in [3.8, 4) is 0 Å². The van der Waals surface area contributed by atoms with Gasteiger partial charge < -0.3 is 14.2 Å². The van der Waals surface area contributed by atoms with Crippen LogP contribution in [-0.2, 0) is 19.0 Å². The van der Waals surface area contributed by atoms with Gasteiger partial charge in [-0.3, -0.25) is 4.79 Å². The molecule has 1 aliphatic heterocycles. The topological polar surface area (TPSA) is 44.8 Å². The number of hydrogen-bond donors (Lipinski definition) is 0. The molecule has 4 nitrogen and oxygen atoms in total. The summed E-state index contributed by atoms with van der Waals surface area (Å²) in [6.45, 7) is 0. The van der Waals surface area contributed by atoms with E-state index in [4.69, 9.17) is 14.2 Å². The van der Waals surface area contributed by atoms with Crippen molar-refractivity contribution in [1.82, 2.24) is 0 Å². The van der Waals surface area contributed by atoms with Crippen LogP contribution in [-0.4, -0.2) is 32.6 Å². The van der Waals surface area contributed by atoms with Crippen LogP contribution in [0.5, 0.6) is 0 Å². The number of rotatable bonds is 3. The van der Waals surface area contributed by atoms with Gasteiger partial charge in [-0.25, -0.2) is 0 Å². The van der Waals surface area contributed by atoms with Crippen molar-refractivity contribution in [2.24, 2.45) is 5.41 Å². The van der Waals surface area contributed by atoms with Crippen LogP contribution in [0.2, 0.25) is 0 Å². The van der Waals surface area contributed by atoms with Crippen LogP contribution in [0, 0.1) is 5.41 Å². The van der Waals surface area contributed by atoms with Gasteiger partial charge in [0.15, 0.2) is 6.29 Å². The fourth-order valence-electron chi connectivity index (χ4n) is 2.66. The van der Waals surface area contributed by atoms with Crippen LogP contribution in [0.4, 0.5) is 0 Å². The number of esters is 1. The Kier molecular flexibility index (Phi) is 2.49. The molecule has 80 valence electrons. The Morgan fingerprint density at radius 3 is 2.93 bits per heavy atom. The summed E-state index contributed by atoms with van der Waals surface area (Å²) in [4.78, 5) is 11.3. The second kappa shape index (κ2) is 3.51. The summed E-state index contributed by atoms with van der Waals surface area (Å²) in [7, 11) is 3.05. The molecule has 0 aromatic rings. The number of carbonyl (C=O) groups excluding carboxylic acids is 1. The van der Waals surface area contributed by atoms with Crippen molar-refractivity contribution in [3.05, 3.63) is 0 Å². The minimum Gasteiger partial charge on any atom is -0.469 e. The molecule has 2 rings (SSSR count). The third kappa shape index (κ3) is 1.42. The number of ether oxygens (including phenoxy) is 3. The van der Waals surface area contributed by atoms with E-state index in [0.29, 0.717) is 6.42 Å². The molecule has 1 saturated carbocycles. The lowest BCUT2D eigenvalue weighted by Gasteiger charge is -2.31. The fraction of sp³-hybridized carbons (Fsp3) is 0.900. The molecule has 3 atom stereocenters. The van der Waals surface area contributed by atoms with E-state index in [9.17, 15) is 4.79 Å². The Bertz CT molecular complexity index is 240. The SMILES string of the molecule is COC(=O)CC12CCC(C1)OC2OC. The van der Waals surface area contributed by atoms with Gasteiger partial charge in [-0.15, -0.1) is 0 Å². The lowest BCUT2D eigenvalue weighted by atomic mass is 9.83. The van der Waals surface area contributed by atoms with Crippen LogP contribution in [0.3, 0.4) is 0 Å². The maximum atomic E-state index is 11.3. The molecule has 2 fully saturated rings. The molecule has 0 spiro atoms. The Balaban J connectivity index is 2.08. The minimum absolute atomic E-state index is 0.119. The average Bonchev–Trinajstić information content (AvgIpc) is 2.73. The molecule has 2 aliphatic rings. The van der Waals surface area contributed by atoms with E-state index in [1.807, 2.05) is 0 Å². The Morgan fingerprint density at radius 2 is 2.36 bits per heavy atom. The summed E-state index contributed by atoms with van der Waals surface area (Å²) in [6.07, 6.45) is 3.45. The first-order valence-corrected chi connectivity index (χ1v) is 4.95. The zero-order valence-electron chi connectivity index (χ0n) is 8.62. The lowest BCUT2D eigenvalue weighted by molar-refractivity contribution is -0.187. The quantitative estimate of drug-likeness (QED) is 0.640. The normalized spacial score (nSPS) is 40.1. The first-order valence-electron chi connectivity index (χ1n) is 4.95. The first kappa shape index (κ1) is 9.93. The maximum absolute atomic E-state index is 11.3. The van der Waals surface area contributed by atoms with Crippen molar-refractivity contribution < 1.29 is 19.0 Å². The van der Waals surface area contributed by atoms with Crippen molar-refractivity contribution in [3.63, 3.8) is 0 Å². The minimum atomic E-state index is -0.222. The number of methoxy groups -OCH3 is 2. The molecule has 0 aromatic heterocycles. The molecule has 1 saturated heterocycles. The smallest absolute Gasteiger partial charge is 0.306 e. The van der Waals surface area contributed by atoms with Gasteiger partial charge in [0.1, 0.15) is 0 Å². The van der Waals surface area contributed by atoms with Gasteiger partial charge in [0.2, 0.25) is 0 Å². The fourth-order valence-corrected chi connectivity index (χ4v) is 2.66. The highest BCUT2D eigenvalue weighted by molar-refractivity contribution is 5.70. The summed E-state index contributed by atoms with van der Waals surface area (Å²) < 4.78 is 15.6. The molecule has 1 aliphatic carbocycles. The van der Waals surface area contributed by atoms with E-state index in [-0.39, 0.29) is 23.8 Å². The molecule has 3 unspecified atom stereocenters. The van der Waals surface area contributed by atoms with Crippen LogP contribution < -0.4 is 0 Å². The Labute approximate surface area is 83.5 Å². The summed E-state index contributed by atoms with van der Waals surface area (Å²) >= 11 is 0.